The number of anilines is 1. The van der Waals surface area contributed by atoms with Gasteiger partial charge in [-0.2, -0.15) is 0 Å². The highest BCUT2D eigenvalue weighted by atomic mass is 16.5. The summed E-state index contributed by atoms with van der Waals surface area (Å²) >= 11 is 0. The molecule has 1 aliphatic heterocycles. The Morgan fingerprint density at radius 1 is 1.10 bits per heavy atom. The Morgan fingerprint density at radius 3 is 2.62 bits per heavy atom. The molecule has 1 aromatic heterocycles. The fourth-order valence-electron chi connectivity index (χ4n) is 3.90. The molecule has 4 rings (SSSR count). The van der Waals surface area contributed by atoms with Crippen molar-refractivity contribution < 1.29 is 14.1 Å². The Labute approximate surface area is 169 Å². The molecule has 2 amide bonds. The molecule has 7 nitrogen and oxygen atoms in total. The molecule has 0 aliphatic carbocycles. The van der Waals surface area contributed by atoms with E-state index in [1.165, 1.54) is 10.8 Å². The van der Waals surface area contributed by atoms with Crippen LogP contribution in [0.15, 0.2) is 53.1 Å². The van der Waals surface area contributed by atoms with Gasteiger partial charge in [0.25, 0.3) is 0 Å². The van der Waals surface area contributed by atoms with Gasteiger partial charge in [0, 0.05) is 12.6 Å². The van der Waals surface area contributed by atoms with Crippen LogP contribution in [0.3, 0.4) is 0 Å². The number of nitrogens with one attached hydrogen (secondary N) is 2. The Morgan fingerprint density at radius 2 is 1.86 bits per heavy atom. The van der Waals surface area contributed by atoms with Gasteiger partial charge >= 0.3 is 11.8 Å². The fraction of sp³-hybridized carbons (Fsp3) is 0.318. The molecular formula is C22H24N4O3. The number of likely N-dealkylation sites (tertiary alicyclic amines) is 1. The van der Waals surface area contributed by atoms with Crippen LogP contribution in [0.4, 0.5) is 5.82 Å². The van der Waals surface area contributed by atoms with Crippen molar-refractivity contribution >= 4 is 28.4 Å². The maximum atomic E-state index is 12.4. The second kappa shape index (κ2) is 8.45. The molecular weight excluding hydrogens is 368 g/mol. The van der Waals surface area contributed by atoms with Crippen molar-refractivity contribution in [2.24, 2.45) is 0 Å². The zero-order chi connectivity index (χ0) is 20.2. The van der Waals surface area contributed by atoms with E-state index >= 15 is 0 Å². The number of carbonyl (C=O) groups is 2. The van der Waals surface area contributed by atoms with E-state index in [9.17, 15) is 9.59 Å². The number of nitrogens with zero attached hydrogens (tertiary/aromatic N) is 2. The summed E-state index contributed by atoms with van der Waals surface area (Å²) in [5, 5.41) is 11.3. The number of fused-ring (bicyclic) bond motifs is 1. The van der Waals surface area contributed by atoms with Crippen LogP contribution < -0.4 is 10.6 Å². The number of rotatable bonds is 5. The number of hydrogen-bond acceptors (Lipinski definition) is 5. The van der Waals surface area contributed by atoms with E-state index in [-0.39, 0.29) is 11.9 Å². The summed E-state index contributed by atoms with van der Waals surface area (Å²) in [7, 11) is 0. The minimum absolute atomic E-state index is 0.00893. The van der Waals surface area contributed by atoms with Crippen LogP contribution in [-0.2, 0) is 9.59 Å². The molecule has 0 bridgehead atoms. The summed E-state index contributed by atoms with van der Waals surface area (Å²) in [6, 6.07) is 16.1. The number of benzene rings is 2. The Balaban J connectivity index is 1.50. The second-order valence-electron chi connectivity index (χ2n) is 7.31. The third-order valence-corrected chi connectivity index (χ3v) is 5.30. The molecule has 1 saturated heterocycles. The van der Waals surface area contributed by atoms with E-state index < -0.39 is 11.8 Å². The first-order valence-corrected chi connectivity index (χ1v) is 9.86. The molecule has 2 heterocycles. The number of carbonyl (C=O) groups excluding carboxylic acids is 2. The third kappa shape index (κ3) is 4.30. The summed E-state index contributed by atoms with van der Waals surface area (Å²) < 4.78 is 4.91. The molecule has 2 N–H and O–H groups in total. The molecule has 1 fully saturated rings. The average molecular weight is 392 g/mol. The zero-order valence-corrected chi connectivity index (χ0v) is 16.4. The zero-order valence-electron chi connectivity index (χ0n) is 16.4. The molecule has 29 heavy (non-hydrogen) atoms. The first-order chi connectivity index (χ1) is 14.1. The van der Waals surface area contributed by atoms with Crippen molar-refractivity contribution in [3.05, 3.63) is 59.9 Å². The van der Waals surface area contributed by atoms with Gasteiger partial charge in [-0.15, -0.1) is 0 Å². The van der Waals surface area contributed by atoms with Gasteiger partial charge < -0.3 is 9.84 Å². The average Bonchev–Trinajstić information content (AvgIpc) is 3.40. The topological polar surface area (TPSA) is 87.5 Å². The Kier molecular flexibility index (Phi) is 5.57. The lowest BCUT2D eigenvalue weighted by Crippen LogP contribution is -2.41. The van der Waals surface area contributed by atoms with Crippen LogP contribution in [0.1, 0.15) is 30.2 Å². The minimum Gasteiger partial charge on any atom is -0.360 e. The molecule has 1 atom stereocenters. The van der Waals surface area contributed by atoms with Gasteiger partial charge in [-0.25, -0.2) is 0 Å². The van der Waals surface area contributed by atoms with E-state index in [1.54, 1.807) is 13.0 Å². The van der Waals surface area contributed by atoms with Crippen molar-refractivity contribution in [2.45, 2.75) is 25.8 Å². The monoisotopic (exact) mass is 392 g/mol. The summed E-state index contributed by atoms with van der Waals surface area (Å²) in [6.45, 7) is 4.04. The summed E-state index contributed by atoms with van der Waals surface area (Å²) in [5.41, 5.74) is 1.16. The molecule has 0 spiro atoms. The van der Waals surface area contributed by atoms with Gasteiger partial charge in [-0.05, 0) is 49.2 Å². The summed E-state index contributed by atoms with van der Waals surface area (Å²) in [5.74, 6) is -0.648. The standard InChI is InChI=1S/C22H24N4O3/c1-15-13-20(25-29-15)24-22(28)21(27)23-14-19(26-11-4-5-12-26)18-10-6-8-16-7-2-3-9-17(16)18/h2-3,6-10,13,19H,4-5,11-12,14H2,1H3,(H,23,27)(H,24,25,28)/t19-/m0/s1. The van der Waals surface area contributed by atoms with Crippen molar-refractivity contribution in [3.8, 4) is 0 Å². The molecule has 7 heteroatoms. The first-order valence-electron chi connectivity index (χ1n) is 9.86. The van der Waals surface area contributed by atoms with E-state index in [0.717, 1.165) is 31.5 Å². The molecule has 2 aromatic carbocycles. The second-order valence-corrected chi connectivity index (χ2v) is 7.31. The van der Waals surface area contributed by atoms with E-state index in [2.05, 4.69) is 45.0 Å². The molecule has 1 aliphatic rings. The lowest BCUT2D eigenvalue weighted by atomic mass is 9.97. The Hall–Kier alpha value is -3.19. The van der Waals surface area contributed by atoms with E-state index in [1.807, 2.05) is 18.2 Å². The lowest BCUT2D eigenvalue weighted by molar-refractivity contribution is -0.136. The highest BCUT2D eigenvalue weighted by molar-refractivity contribution is 6.39. The molecule has 3 aromatic rings. The van der Waals surface area contributed by atoms with Gasteiger partial charge in [0.1, 0.15) is 5.76 Å². The number of aromatic nitrogens is 1. The predicted octanol–water partition coefficient (Wildman–Crippen LogP) is 3.03. The first kappa shape index (κ1) is 19.1. The van der Waals surface area contributed by atoms with Crippen LogP contribution in [0, 0.1) is 6.92 Å². The number of amides is 2. The summed E-state index contributed by atoms with van der Waals surface area (Å²) in [6.07, 6.45) is 2.28. The van der Waals surface area contributed by atoms with Gasteiger partial charge in [0.2, 0.25) is 0 Å². The SMILES string of the molecule is Cc1cc(NC(=O)C(=O)NC[C@@H](c2cccc3ccccc23)N2CCCC2)no1. The van der Waals surface area contributed by atoms with Crippen LogP contribution in [-0.4, -0.2) is 41.5 Å². The fourth-order valence-corrected chi connectivity index (χ4v) is 3.90. The maximum absolute atomic E-state index is 12.4. The van der Waals surface area contributed by atoms with Crippen LogP contribution in [0.25, 0.3) is 10.8 Å². The third-order valence-electron chi connectivity index (χ3n) is 5.30. The molecule has 0 unspecified atom stereocenters. The van der Waals surface area contributed by atoms with Gasteiger partial charge in [0.05, 0.1) is 6.04 Å². The quantitative estimate of drug-likeness (QED) is 0.652. The highest BCUT2D eigenvalue weighted by Crippen LogP contribution is 2.30. The Bertz CT molecular complexity index is 1020. The lowest BCUT2D eigenvalue weighted by Gasteiger charge is -2.29. The number of aryl methyl sites for hydroxylation is 1. The van der Waals surface area contributed by atoms with E-state index in [4.69, 9.17) is 4.52 Å². The predicted molar refractivity (Wildman–Crippen MR) is 110 cm³/mol. The van der Waals surface area contributed by atoms with Gasteiger partial charge in [-0.1, -0.05) is 47.6 Å². The van der Waals surface area contributed by atoms with Gasteiger partial charge in [0.15, 0.2) is 5.82 Å². The van der Waals surface area contributed by atoms with Crippen LogP contribution in [0.2, 0.25) is 0 Å². The maximum Gasteiger partial charge on any atom is 0.314 e. The van der Waals surface area contributed by atoms with Crippen molar-refractivity contribution in [1.82, 2.24) is 15.4 Å². The molecule has 150 valence electrons. The molecule has 0 saturated carbocycles. The highest BCUT2D eigenvalue weighted by Gasteiger charge is 2.26. The normalized spacial score (nSPS) is 15.3. The van der Waals surface area contributed by atoms with Crippen molar-refractivity contribution in [2.75, 3.05) is 25.0 Å². The minimum atomic E-state index is -0.753. The molecule has 0 radical (unpaired) electrons. The largest absolute Gasteiger partial charge is 0.360 e. The van der Waals surface area contributed by atoms with Crippen LogP contribution >= 0.6 is 0 Å². The summed E-state index contributed by atoms with van der Waals surface area (Å²) in [4.78, 5) is 26.9. The smallest absolute Gasteiger partial charge is 0.314 e. The van der Waals surface area contributed by atoms with Crippen molar-refractivity contribution in [3.63, 3.8) is 0 Å². The number of hydrogen-bond donors (Lipinski definition) is 2. The van der Waals surface area contributed by atoms with E-state index in [0.29, 0.717) is 12.3 Å². The van der Waals surface area contributed by atoms with Crippen molar-refractivity contribution in [1.29, 1.82) is 0 Å². The van der Waals surface area contributed by atoms with Gasteiger partial charge in [-0.3, -0.25) is 19.8 Å². The van der Waals surface area contributed by atoms with Crippen LogP contribution in [0.5, 0.6) is 0 Å².